The molecule has 208 valence electrons. The first-order valence-electron chi connectivity index (χ1n) is 12.9. The summed E-state index contributed by atoms with van der Waals surface area (Å²) in [4.78, 5) is 36.6. The van der Waals surface area contributed by atoms with Crippen LogP contribution in [0.4, 0.5) is 5.82 Å². The summed E-state index contributed by atoms with van der Waals surface area (Å²) < 4.78 is 1.60. The molecule has 4 aromatic rings. The van der Waals surface area contributed by atoms with Gasteiger partial charge in [0.15, 0.2) is 17.0 Å². The molecule has 2 aromatic carbocycles. The van der Waals surface area contributed by atoms with Crippen molar-refractivity contribution in [3.8, 4) is 0 Å². The maximum absolute atomic E-state index is 12.3. The van der Waals surface area contributed by atoms with Gasteiger partial charge < -0.3 is 30.5 Å². The van der Waals surface area contributed by atoms with E-state index in [0.717, 1.165) is 11.1 Å². The van der Waals surface area contributed by atoms with Crippen LogP contribution in [0.5, 0.6) is 0 Å². The van der Waals surface area contributed by atoms with Gasteiger partial charge in [0.05, 0.1) is 18.4 Å². The number of nitrogens with zero attached hydrogens (tertiary/aromatic N) is 4. The normalized spacial score (nSPS) is 21.4. The first-order chi connectivity index (χ1) is 19.2. The van der Waals surface area contributed by atoms with Gasteiger partial charge in [-0.3, -0.25) is 9.59 Å². The lowest BCUT2D eigenvalue weighted by Gasteiger charge is -2.20. The SMILES string of the molecule is CC(C(=O)O)C(=O)N[C@H]1C[C@@H](n2cnc3c(NCC(c4ccccc4)c4ccccc4)nc(Cl)nc32)[C@H](O)[C@@H]1O. The van der Waals surface area contributed by atoms with Crippen molar-refractivity contribution in [2.75, 3.05) is 11.9 Å². The molecule has 1 aliphatic rings. The Morgan fingerprint density at radius 3 is 2.25 bits per heavy atom. The van der Waals surface area contributed by atoms with E-state index >= 15 is 0 Å². The lowest BCUT2D eigenvalue weighted by molar-refractivity contribution is -0.146. The number of hydrogen-bond donors (Lipinski definition) is 5. The van der Waals surface area contributed by atoms with Crippen molar-refractivity contribution in [2.24, 2.45) is 5.92 Å². The zero-order valence-electron chi connectivity index (χ0n) is 21.6. The Morgan fingerprint density at radius 1 is 1.02 bits per heavy atom. The highest BCUT2D eigenvalue weighted by Crippen LogP contribution is 2.35. The summed E-state index contributed by atoms with van der Waals surface area (Å²) in [5, 5.41) is 36.4. The zero-order chi connectivity index (χ0) is 28.4. The third-order valence-electron chi connectivity index (χ3n) is 7.37. The molecule has 0 saturated heterocycles. The summed E-state index contributed by atoms with van der Waals surface area (Å²) in [7, 11) is 0. The van der Waals surface area contributed by atoms with Crippen LogP contribution in [-0.4, -0.2) is 71.5 Å². The number of aliphatic hydroxyl groups excluding tert-OH is 2. The number of aliphatic carboxylic acids is 1. The summed E-state index contributed by atoms with van der Waals surface area (Å²) in [6.45, 7) is 1.74. The van der Waals surface area contributed by atoms with Crippen molar-refractivity contribution < 1.29 is 24.9 Å². The van der Waals surface area contributed by atoms with Gasteiger partial charge in [-0.1, -0.05) is 60.7 Å². The van der Waals surface area contributed by atoms with Crippen LogP contribution in [0.3, 0.4) is 0 Å². The van der Waals surface area contributed by atoms with Crippen molar-refractivity contribution >= 4 is 40.5 Å². The Kier molecular flexibility index (Phi) is 7.97. The molecule has 11 nitrogen and oxygen atoms in total. The van der Waals surface area contributed by atoms with Crippen LogP contribution in [0.25, 0.3) is 11.2 Å². The maximum atomic E-state index is 12.3. The predicted octanol–water partition coefficient (Wildman–Crippen LogP) is 2.60. The highest BCUT2D eigenvalue weighted by molar-refractivity contribution is 6.28. The number of nitrogens with one attached hydrogen (secondary N) is 2. The molecule has 2 aromatic heterocycles. The number of carbonyl (C=O) groups excluding carboxylic acids is 1. The van der Waals surface area contributed by atoms with E-state index in [2.05, 4.69) is 49.9 Å². The maximum Gasteiger partial charge on any atom is 0.315 e. The van der Waals surface area contributed by atoms with Crippen molar-refractivity contribution in [3.63, 3.8) is 0 Å². The van der Waals surface area contributed by atoms with E-state index < -0.39 is 42.1 Å². The molecule has 0 bridgehead atoms. The Balaban J connectivity index is 1.40. The lowest BCUT2D eigenvalue weighted by atomic mass is 9.91. The molecule has 1 aliphatic carbocycles. The molecule has 1 unspecified atom stereocenters. The minimum atomic E-state index is -1.32. The number of aliphatic hydroxyl groups is 2. The lowest BCUT2D eigenvalue weighted by Crippen LogP contribution is -2.46. The smallest absolute Gasteiger partial charge is 0.315 e. The number of hydrogen-bond acceptors (Lipinski definition) is 8. The highest BCUT2D eigenvalue weighted by atomic mass is 35.5. The summed E-state index contributed by atoms with van der Waals surface area (Å²) in [5.74, 6) is -2.90. The molecule has 2 heterocycles. The van der Waals surface area contributed by atoms with E-state index in [1.54, 1.807) is 4.57 Å². The van der Waals surface area contributed by atoms with E-state index in [1.165, 1.54) is 13.3 Å². The summed E-state index contributed by atoms with van der Waals surface area (Å²) in [6.07, 6.45) is -0.981. The Bertz CT molecular complexity index is 1460. The summed E-state index contributed by atoms with van der Waals surface area (Å²) in [5.41, 5.74) is 3.02. The number of carbonyl (C=O) groups is 2. The van der Waals surface area contributed by atoms with Crippen molar-refractivity contribution in [3.05, 3.63) is 83.4 Å². The highest BCUT2D eigenvalue weighted by Gasteiger charge is 2.44. The van der Waals surface area contributed by atoms with Gasteiger partial charge in [0.25, 0.3) is 0 Å². The largest absolute Gasteiger partial charge is 0.481 e. The van der Waals surface area contributed by atoms with Crippen molar-refractivity contribution in [1.29, 1.82) is 0 Å². The number of rotatable bonds is 9. The first-order valence-corrected chi connectivity index (χ1v) is 13.3. The van der Waals surface area contributed by atoms with Gasteiger partial charge in [0.2, 0.25) is 11.2 Å². The number of carboxylic acids is 1. The minimum Gasteiger partial charge on any atom is -0.481 e. The molecule has 5 rings (SSSR count). The van der Waals surface area contributed by atoms with Crippen LogP contribution in [0.1, 0.15) is 36.4 Å². The van der Waals surface area contributed by atoms with Crippen LogP contribution in [0.2, 0.25) is 5.28 Å². The molecule has 1 fully saturated rings. The Morgan fingerprint density at radius 2 is 1.65 bits per heavy atom. The second-order valence-corrected chi connectivity index (χ2v) is 10.2. The van der Waals surface area contributed by atoms with Crippen LogP contribution in [-0.2, 0) is 9.59 Å². The molecule has 40 heavy (non-hydrogen) atoms. The number of halogens is 1. The van der Waals surface area contributed by atoms with Gasteiger partial charge in [0, 0.05) is 12.5 Å². The quantitative estimate of drug-likeness (QED) is 0.152. The van der Waals surface area contributed by atoms with Crippen molar-refractivity contribution in [2.45, 2.75) is 43.6 Å². The predicted molar refractivity (Wildman–Crippen MR) is 148 cm³/mol. The number of amides is 1. The van der Waals surface area contributed by atoms with Gasteiger partial charge in [-0.2, -0.15) is 9.97 Å². The van der Waals surface area contributed by atoms with Crippen LogP contribution < -0.4 is 10.6 Å². The second kappa shape index (κ2) is 11.6. The van der Waals surface area contributed by atoms with Gasteiger partial charge >= 0.3 is 5.97 Å². The first kappa shape index (κ1) is 27.5. The van der Waals surface area contributed by atoms with Gasteiger partial charge in [-0.15, -0.1) is 0 Å². The van der Waals surface area contributed by atoms with E-state index in [-0.39, 0.29) is 17.6 Å². The number of benzene rings is 2. The third kappa shape index (κ3) is 5.48. The number of aromatic nitrogens is 4. The standard InChI is InChI=1S/C28H29ClN6O5/c1-15(27(39)40)26(38)32-19-12-20(23(37)22(19)36)35-14-31-21-24(33-28(29)34-25(21)35)30-13-18(16-8-4-2-5-9-16)17-10-6-3-7-11-17/h2-11,14-15,18-20,22-23,36-37H,12-13H2,1H3,(H,32,38)(H,39,40)(H,30,33,34)/t15?,19-,20+,22+,23-/m0/s1. The topological polar surface area (TPSA) is 162 Å². The monoisotopic (exact) mass is 564 g/mol. The summed E-state index contributed by atoms with van der Waals surface area (Å²) >= 11 is 6.31. The number of carboxylic acid groups (broad SMARTS) is 1. The molecule has 1 saturated carbocycles. The summed E-state index contributed by atoms with van der Waals surface area (Å²) in [6, 6.07) is 18.6. The third-order valence-corrected chi connectivity index (χ3v) is 7.54. The molecule has 0 spiro atoms. The van der Waals surface area contributed by atoms with E-state index in [0.29, 0.717) is 23.5 Å². The van der Waals surface area contributed by atoms with Crippen LogP contribution in [0, 0.1) is 5.92 Å². The number of anilines is 1. The molecule has 5 atom stereocenters. The molecule has 1 amide bonds. The molecular weight excluding hydrogens is 536 g/mol. The molecule has 0 radical (unpaired) electrons. The fourth-order valence-corrected chi connectivity index (χ4v) is 5.27. The van der Waals surface area contributed by atoms with Crippen molar-refractivity contribution in [1.82, 2.24) is 24.8 Å². The minimum absolute atomic E-state index is 0.0117. The van der Waals surface area contributed by atoms with Gasteiger partial charge in [0.1, 0.15) is 18.1 Å². The molecule has 5 N–H and O–H groups in total. The van der Waals surface area contributed by atoms with E-state index in [9.17, 15) is 19.8 Å². The fourth-order valence-electron chi connectivity index (χ4n) is 5.10. The van der Waals surface area contributed by atoms with Gasteiger partial charge in [-0.25, -0.2) is 4.98 Å². The fraction of sp³-hybridized carbons (Fsp3) is 0.321. The average molecular weight is 565 g/mol. The number of fused-ring (bicyclic) bond motifs is 1. The second-order valence-electron chi connectivity index (χ2n) is 9.88. The van der Waals surface area contributed by atoms with Crippen LogP contribution in [0.15, 0.2) is 67.0 Å². The Labute approximate surface area is 234 Å². The number of imidazole rings is 1. The average Bonchev–Trinajstić information content (AvgIpc) is 3.49. The van der Waals surface area contributed by atoms with Gasteiger partial charge in [-0.05, 0) is 36.1 Å². The molecule has 0 aliphatic heterocycles. The molecule has 12 heteroatoms. The Hall–Kier alpha value is -4.06. The zero-order valence-corrected chi connectivity index (χ0v) is 22.3. The molecular formula is C28H29ClN6O5. The van der Waals surface area contributed by atoms with Crippen LogP contribution >= 0.6 is 11.6 Å². The van der Waals surface area contributed by atoms with E-state index in [1.807, 2.05) is 36.4 Å². The van der Waals surface area contributed by atoms with E-state index in [4.69, 9.17) is 16.7 Å².